The van der Waals surface area contributed by atoms with E-state index in [0.29, 0.717) is 25.9 Å². The van der Waals surface area contributed by atoms with E-state index in [1.54, 1.807) is 18.7 Å². The fraction of sp³-hybridized carbons (Fsp3) is 0.450. The van der Waals surface area contributed by atoms with Crippen LogP contribution in [0.5, 0.6) is 0 Å². The van der Waals surface area contributed by atoms with Gasteiger partial charge in [0.1, 0.15) is 11.2 Å². The fourth-order valence-corrected chi connectivity index (χ4v) is 4.61. The molecule has 0 spiro atoms. The molecule has 1 aromatic rings. The lowest BCUT2D eigenvalue weighted by Gasteiger charge is -2.39. The average molecular weight is 357 g/mol. The number of carbonyl (C=O) groups excluding carboxylic acids is 2. The topological polar surface area (TPSA) is 55.7 Å². The number of benzene rings is 1. The van der Waals surface area contributed by atoms with Gasteiger partial charge in [-0.25, -0.2) is 4.99 Å². The number of esters is 1. The van der Waals surface area contributed by atoms with E-state index in [2.05, 4.69) is 13.0 Å². The number of aliphatic imine (C=N–C) groups is 1. The summed E-state index contributed by atoms with van der Waals surface area (Å²) < 4.78 is 5.43. The summed E-state index contributed by atoms with van der Waals surface area (Å²) >= 11 is 1.68. The molecular weight excluding hydrogens is 334 g/mol. The predicted octanol–water partition coefficient (Wildman–Crippen LogP) is 4.85. The molecular formula is C20H23NO3S. The van der Waals surface area contributed by atoms with Gasteiger partial charge >= 0.3 is 5.97 Å². The molecule has 2 aliphatic rings. The maximum absolute atomic E-state index is 13.0. The normalized spacial score (nSPS) is 22.0. The van der Waals surface area contributed by atoms with E-state index in [4.69, 9.17) is 9.73 Å². The highest BCUT2D eigenvalue weighted by Gasteiger charge is 2.49. The summed E-state index contributed by atoms with van der Waals surface area (Å²) in [4.78, 5) is 31.6. The number of para-hydroxylation sites is 1. The second-order valence-corrected chi connectivity index (χ2v) is 7.70. The molecule has 1 aliphatic carbocycles. The van der Waals surface area contributed by atoms with Crippen molar-refractivity contribution in [2.24, 2.45) is 10.4 Å². The number of allylic oxidation sites excluding steroid dienone is 2. The first kappa shape index (κ1) is 17.9. The third kappa shape index (κ3) is 3.30. The Hall–Kier alpha value is -1.88. The summed E-state index contributed by atoms with van der Waals surface area (Å²) in [5.41, 5.74) is 2.11. The Morgan fingerprint density at radius 1 is 1.32 bits per heavy atom. The maximum Gasteiger partial charge on any atom is 0.318 e. The van der Waals surface area contributed by atoms with E-state index in [1.807, 2.05) is 25.1 Å². The number of ether oxygens (including phenoxy) is 1. The van der Waals surface area contributed by atoms with Crippen LogP contribution in [0.15, 0.2) is 44.6 Å². The van der Waals surface area contributed by atoms with Gasteiger partial charge in [-0.1, -0.05) is 29.5 Å². The van der Waals surface area contributed by atoms with Crippen molar-refractivity contribution in [1.29, 1.82) is 0 Å². The van der Waals surface area contributed by atoms with Crippen LogP contribution in [-0.4, -0.2) is 24.1 Å². The Kier molecular flexibility index (Phi) is 5.13. The van der Waals surface area contributed by atoms with Crippen LogP contribution < -0.4 is 0 Å². The lowest BCUT2D eigenvalue weighted by molar-refractivity contribution is -0.152. The van der Waals surface area contributed by atoms with Gasteiger partial charge in [-0.15, -0.1) is 0 Å². The third-order valence-corrected chi connectivity index (χ3v) is 6.17. The van der Waals surface area contributed by atoms with E-state index in [1.165, 1.54) is 5.57 Å². The monoisotopic (exact) mass is 357 g/mol. The van der Waals surface area contributed by atoms with Crippen LogP contribution in [0, 0.1) is 5.41 Å². The molecule has 0 saturated heterocycles. The molecule has 1 heterocycles. The number of carbonyl (C=O) groups is 2. The van der Waals surface area contributed by atoms with E-state index < -0.39 is 5.41 Å². The Morgan fingerprint density at radius 3 is 2.80 bits per heavy atom. The highest BCUT2D eigenvalue weighted by molar-refractivity contribution is 8.04. The summed E-state index contributed by atoms with van der Waals surface area (Å²) in [6.07, 6.45) is 2.28. The quantitative estimate of drug-likeness (QED) is 0.707. The molecule has 0 fully saturated rings. The van der Waals surface area contributed by atoms with Gasteiger partial charge in [-0.2, -0.15) is 0 Å². The number of rotatable bonds is 5. The first-order valence-electron chi connectivity index (χ1n) is 8.71. The van der Waals surface area contributed by atoms with Gasteiger partial charge in [0, 0.05) is 16.2 Å². The van der Waals surface area contributed by atoms with Crippen molar-refractivity contribution >= 4 is 34.9 Å². The van der Waals surface area contributed by atoms with E-state index in [-0.39, 0.29) is 11.8 Å². The first-order chi connectivity index (χ1) is 12.0. The van der Waals surface area contributed by atoms with Crippen molar-refractivity contribution in [3.8, 4) is 0 Å². The molecule has 1 aromatic carbocycles. The molecule has 0 bridgehead atoms. The van der Waals surface area contributed by atoms with Crippen LogP contribution in [0.4, 0.5) is 5.69 Å². The first-order valence-corrected chi connectivity index (χ1v) is 9.52. The van der Waals surface area contributed by atoms with Gasteiger partial charge in [-0.3, -0.25) is 4.79 Å². The molecule has 3 rings (SSSR count). The summed E-state index contributed by atoms with van der Waals surface area (Å²) in [6, 6.07) is 7.97. The van der Waals surface area contributed by atoms with Gasteiger partial charge in [0.25, 0.3) is 0 Å². The van der Waals surface area contributed by atoms with Crippen LogP contribution in [0.25, 0.3) is 0 Å². The SMILES string of the molecule is CCOC(=O)C1(CCC(C)=O)CCC(C)=C2Sc3ccccc3N=C21. The van der Waals surface area contributed by atoms with Crippen molar-refractivity contribution in [2.45, 2.75) is 51.3 Å². The highest BCUT2D eigenvalue weighted by Crippen LogP contribution is 2.52. The number of thioether (sulfide) groups is 1. The molecule has 1 atom stereocenters. The lowest BCUT2D eigenvalue weighted by Crippen LogP contribution is -2.44. The Labute approximate surface area is 152 Å². The molecule has 0 radical (unpaired) electrons. The summed E-state index contributed by atoms with van der Waals surface area (Å²) in [7, 11) is 0. The molecule has 5 heteroatoms. The molecule has 0 aromatic heterocycles. The second kappa shape index (κ2) is 7.16. The number of Topliss-reactive ketones (excluding diaryl/α,β-unsaturated/α-hetero) is 1. The van der Waals surface area contributed by atoms with E-state index in [0.717, 1.165) is 27.6 Å². The standard InChI is InChI=1S/C20H23NO3S/c1-4-24-19(23)20(12-10-14(3)22)11-9-13(2)17-18(20)21-15-7-5-6-8-16(15)25-17/h5-8H,4,9-12H2,1-3H3. The van der Waals surface area contributed by atoms with Crippen molar-refractivity contribution in [1.82, 2.24) is 0 Å². The van der Waals surface area contributed by atoms with E-state index in [9.17, 15) is 9.59 Å². The van der Waals surface area contributed by atoms with Crippen LogP contribution in [-0.2, 0) is 14.3 Å². The summed E-state index contributed by atoms with van der Waals surface area (Å²) in [6.45, 7) is 5.81. The zero-order valence-electron chi connectivity index (χ0n) is 14.9. The highest BCUT2D eigenvalue weighted by atomic mass is 32.2. The summed E-state index contributed by atoms with van der Waals surface area (Å²) in [5.74, 6) is -0.166. The average Bonchev–Trinajstić information content (AvgIpc) is 2.60. The summed E-state index contributed by atoms with van der Waals surface area (Å²) in [5, 5.41) is 0. The molecule has 4 nitrogen and oxygen atoms in total. The minimum atomic E-state index is -0.822. The zero-order chi connectivity index (χ0) is 18.0. The zero-order valence-corrected chi connectivity index (χ0v) is 15.7. The van der Waals surface area contributed by atoms with Crippen LogP contribution in [0.2, 0.25) is 0 Å². The van der Waals surface area contributed by atoms with Gasteiger partial charge in [-0.05, 0) is 52.2 Å². The number of nitrogens with zero attached hydrogens (tertiary/aromatic N) is 1. The Bertz CT molecular complexity index is 781. The number of ketones is 1. The number of hydrogen-bond donors (Lipinski definition) is 0. The smallest absolute Gasteiger partial charge is 0.318 e. The minimum Gasteiger partial charge on any atom is -0.465 e. The van der Waals surface area contributed by atoms with Gasteiger partial charge in [0.05, 0.1) is 18.0 Å². The van der Waals surface area contributed by atoms with Crippen molar-refractivity contribution in [2.75, 3.05) is 6.61 Å². The third-order valence-electron chi connectivity index (χ3n) is 4.86. The maximum atomic E-state index is 13.0. The van der Waals surface area contributed by atoms with Gasteiger partial charge in [0.2, 0.25) is 0 Å². The van der Waals surface area contributed by atoms with Crippen molar-refractivity contribution < 1.29 is 14.3 Å². The van der Waals surface area contributed by atoms with Gasteiger partial charge in [0.15, 0.2) is 0 Å². The van der Waals surface area contributed by atoms with Gasteiger partial charge < -0.3 is 9.53 Å². The van der Waals surface area contributed by atoms with Crippen LogP contribution >= 0.6 is 11.8 Å². The second-order valence-electron chi connectivity index (χ2n) is 6.64. The van der Waals surface area contributed by atoms with E-state index >= 15 is 0 Å². The molecule has 0 amide bonds. The number of hydrogen-bond acceptors (Lipinski definition) is 5. The predicted molar refractivity (Wildman–Crippen MR) is 100 cm³/mol. The molecule has 25 heavy (non-hydrogen) atoms. The minimum absolute atomic E-state index is 0.0842. The Balaban J connectivity index is 2.13. The molecule has 0 saturated carbocycles. The number of fused-ring (bicyclic) bond motifs is 2. The van der Waals surface area contributed by atoms with Crippen LogP contribution in [0.1, 0.15) is 46.5 Å². The molecule has 0 N–H and O–H groups in total. The fourth-order valence-electron chi connectivity index (χ4n) is 3.41. The van der Waals surface area contributed by atoms with Crippen LogP contribution in [0.3, 0.4) is 0 Å². The molecule has 1 unspecified atom stereocenters. The molecule has 132 valence electrons. The Morgan fingerprint density at radius 2 is 2.08 bits per heavy atom. The largest absolute Gasteiger partial charge is 0.465 e. The lowest BCUT2D eigenvalue weighted by atomic mass is 9.70. The van der Waals surface area contributed by atoms with Crippen molar-refractivity contribution in [3.05, 3.63) is 34.7 Å². The van der Waals surface area contributed by atoms with Crippen molar-refractivity contribution in [3.63, 3.8) is 0 Å². The molecule has 1 aliphatic heterocycles.